The molecule has 0 aliphatic carbocycles. The van der Waals surface area contributed by atoms with Crippen LogP contribution in [0.5, 0.6) is 5.75 Å². The molecule has 1 N–H and O–H groups in total. The minimum atomic E-state index is -1.39. The first-order chi connectivity index (χ1) is 19.7. The summed E-state index contributed by atoms with van der Waals surface area (Å²) in [4.78, 5) is 53.8. The van der Waals surface area contributed by atoms with E-state index in [4.69, 9.17) is 16.3 Å². The molecule has 2 heterocycles. The predicted molar refractivity (Wildman–Crippen MR) is 156 cm³/mol. The normalized spacial score (nSPS) is 11.7. The van der Waals surface area contributed by atoms with Gasteiger partial charge in [-0.05, 0) is 68.8 Å². The van der Waals surface area contributed by atoms with Crippen molar-refractivity contribution in [3.63, 3.8) is 0 Å². The molecule has 9 nitrogen and oxygen atoms in total. The third-order valence-electron chi connectivity index (χ3n) is 6.80. The fraction of sp³-hybridized carbons (Fsp3) is 0.161. The summed E-state index contributed by atoms with van der Waals surface area (Å²) >= 11 is 6.45. The number of nitrogens with one attached hydrogen (secondary N) is 1. The number of methoxy groups -OCH3 is 1. The van der Waals surface area contributed by atoms with Crippen molar-refractivity contribution in [2.75, 3.05) is 12.4 Å². The lowest BCUT2D eigenvalue weighted by molar-refractivity contribution is -0.118. The SMILES string of the molecule is COc1ccc(C(=O)C(C(=O)Nc2cc(C(=O)c3ccc(C)cc3C)ccc2Cl)n2cnc3c(C)ncnc32)cc1. The molecule has 5 rings (SSSR count). The Morgan fingerprint density at radius 2 is 1.63 bits per heavy atom. The lowest BCUT2D eigenvalue weighted by Crippen LogP contribution is -2.32. The number of imidazole rings is 1. The number of ketones is 2. The highest BCUT2D eigenvalue weighted by Gasteiger charge is 2.32. The Bertz CT molecular complexity index is 1810. The van der Waals surface area contributed by atoms with Gasteiger partial charge in [-0.15, -0.1) is 0 Å². The van der Waals surface area contributed by atoms with E-state index < -0.39 is 17.7 Å². The van der Waals surface area contributed by atoms with Gasteiger partial charge in [0.25, 0.3) is 5.91 Å². The van der Waals surface area contributed by atoms with Crippen LogP contribution in [-0.2, 0) is 4.79 Å². The highest BCUT2D eigenvalue weighted by Crippen LogP contribution is 2.28. The lowest BCUT2D eigenvalue weighted by atomic mass is 9.97. The number of amides is 1. The van der Waals surface area contributed by atoms with Crippen LogP contribution >= 0.6 is 11.6 Å². The van der Waals surface area contributed by atoms with Gasteiger partial charge in [0.15, 0.2) is 23.3 Å². The molecule has 5 aromatic rings. The van der Waals surface area contributed by atoms with E-state index in [1.807, 2.05) is 26.0 Å². The maximum atomic E-state index is 13.9. The highest BCUT2D eigenvalue weighted by molar-refractivity contribution is 6.34. The van der Waals surface area contributed by atoms with E-state index in [-0.39, 0.29) is 22.1 Å². The second-order valence-electron chi connectivity index (χ2n) is 9.61. The van der Waals surface area contributed by atoms with Gasteiger partial charge in [-0.2, -0.15) is 0 Å². The summed E-state index contributed by atoms with van der Waals surface area (Å²) in [5, 5.41) is 2.97. The summed E-state index contributed by atoms with van der Waals surface area (Å²) in [5.74, 6) is -0.830. The van der Waals surface area contributed by atoms with Crippen molar-refractivity contribution in [1.82, 2.24) is 19.5 Å². The first-order valence-corrected chi connectivity index (χ1v) is 13.1. The molecule has 1 unspecified atom stereocenters. The Morgan fingerprint density at radius 3 is 2.34 bits per heavy atom. The number of anilines is 1. The molecule has 0 saturated heterocycles. The van der Waals surface area contributed by atoms with E-state index >= 15 is 0 Å². The van der Waals surface area contributed by atoms with Gasteiger partial charge >= 0.3 is 0 Å². The van der Waals surface area contributed by atoms with E-state index in [2.05, 4.69) is 20.3 Å². The summed E-state index contributed by atoms with van der Waals surface area (Å²) in [6.45, 7) is 5.59. The monoisotopic (exact) mass is 567 g/mol. The number of nitrogens with zero attached hydrogens (tertiary/aromatic N) is 4. The summed E-state index contributed by atoms with van der Waals surface area (Å²) in [6, 6.07) is 15.3. The van der Waals surface area contributed by atoms with Crippen LogP contribution in [0, 0.1) is 20.8 Å². The van der Waals surface area contributed by atoms with Crippen LogP contribution in [0.1, 0.15) is 49.1 Å². The Morgan fingerprint density at radius 1 is 0.902 bits per heavy atom. The lowest BCUT2D eigenvalue weighted by Gasteiger charge is -2.19. The molecule has 2 aromatic heterocycles. The van der Waals surface area contributed by atoms with Crippen LogP contribution in [0.4, 0.5) is 5.69 Å². The molecular formula is C31H26ClN5O4. The zero-order valence-electron chi connectivity index (χ0n) is 22.8. The minimum absolute atomic E-state index is 0.190. The molecule has 1 amide bonds. The van der Waals surface area contributed by atoms with Gasteiger partial charge in [0.05, 0.1) is 29.8 Å². The Hall–Kier alpha value is -4.89. The number of rotatable bonds is 8. The van der Waals surface area contributed by atoms with Gasteiger partial charge in [0.1, 0.15) is 17.6 Å². The Balaban J connectivity index is 1.53. The van der Waals surface area contributed by atoms with E-state index in [0.717, 1.165) is 11.1 Å². The maximum Gasteiger partial charge on any atom is 0.255 e. The molecule has 0 aliphatic rings. The molecule has 3 aromatic carbocycles. The first kappa shape index (κ1) is 27.7. The molecule has 0 radical (unpaired) electrons. The molecule has 0 fully saturated rings. The number of aromatic nitrogens is 4. The standard InChI is InChI=1S/C31H26ClN5O4/c1-17-5-11-23(18(2)13-17)28(38)21-8-12-24(32)25(14-21)36-31(40)27(29(39)20-6-9-22(41-4)10-7-20)37-16-35-26-19(3)33-15-34-30(26)37/h5-16,27H,1-4H3,(H,36,40). The molecule has 0 aliphatic heterocycles. The molecule has 0 spiro atoms. The smallest absolute Gasteiger partial charge is 0.255 e. The number of aryl methyl sites for hydroxylation is 3. The molecular weight excluding hydrogens is 542 g/mol. The number of hydrogen-bond acceptors (Lipinski definition) is 7. The number of ether oxygens (including phenoxy) is 1. The second-order valence-corrected chi connectivity index (χ2v) is 10.0. The molecule has 41 heavy (non-hydrogen) atoms. The summed E-state index contributed by atoms with van der Waals surface area (Å²) in [7, 11) is 1.52. The average molecular weight is 568 g/mol. The zero-order valence-corrected chi connectivity index (χ0v) is 23.6. The third kappa shape index (κ3) is 5.44. The summed E-state index contributed by atoms with van der Waals surface area (Å²) in [6.07, 6.45) is 2.74. The number of carbonyl (C=O) groups is 3. The van der Waals surface area contributed by atoms with Crippen molar-refractivity contribution < 1.29 is 19.1 Å². The zero-order chi connectivity index (χ0) is 29.3. The van der Waals surface area contributed by atoms with Gasteiger partial charge in [-0.25, -0.2) is 15.0 Å². The van der Waals surface area contributed by atoms with Crippen molar-refractivity contribution >= 4 is 45.9 Å². The number of carbonyl (C=O) groups excluding carboxylic acids is 3. The molecule has 0 saturated carbocycles. The largest absolute Gasteiger partial charge is 0.497 e. The predicted octanol–water partition coefficient (Wildman–Crippen LogP) is 5.71. The Labute approximate surface area is 241 Å². The van der Waals surface area contributed by atoms with E-state index in [1.165, 1.54) is 36.5 Å². The van der Waals surface area contributed by atoms with Gasteiger partial charge in [0, 0.05) is 16.7 Å². The Kier molecular flexibility index (Phi) is 7.63. The van der Waals surface area contributed by atoms with Gasteiger partial charge in [-0.3, -0.25) is 19.0 Å². The third-order valence-corrected chi connectivity index (χ3v) is 7.13. The second kappa shape index (κ2) is 11.3. The van der Waals surface area contributed by atoms with Crippen LogP contribution in [0.15, 0.2) is 73.3 Å². The topological polar surface area (TPSA) is 116 Å². The number of hydrogen-bond donors (Lipinski definition) is 1. The fourth-order valence-electron chi connectivity index (χ4n) is 4.63. The molecule has 1 atom stereocenters. The van der Waals surface area contributed by atoms with Crippen molar-refractivity contribution in [2.45, 2.75) is 26.8 Å². The quantitative estimate of drug-likeness (QED) is 0.189. The molecule has 10 heteroatoms. The molecule has 206 valence electrons. The van der Waals surface area contributed by atoms with Gasteiger partial charge < -0.3 is 10.1 Å². The van der Waals surface area contributed by atoms with Crippen LogP contribution in [0.3, 0.4) is 0 Å². The van der Waals surface area contributed by atoms with Crippen LogP contribution < -0.4 is 10.1 Å². The maximum absolute atomic E-state index is 13.9. The van der Waals surface area contributed by atoms with Crippen molar-refractivity contribution in [2.24, 2.45) is 0 Å². The number of Topliss-reactive ketones (excluding diaryl/α,β-unsaturated/α-hetero) is 1. The van der Waals surface area contributed by atoms with Crippen molar-refractivity contribution in [1.29, 1.82) is 0 Å². The highest BCUT2D eigenvalue weighted by atomic mass is 35.5. The van der Waals surface area contributed by atoms with Gasteiger partial charge in [-0.1, -0.05) is 35.4 Å². The first-order valence-electron chi connectivity index (χ1n) is 12.7. The van der Waals surface area contributed by atoms with Crippen LogP contribution in [0.25, 0.3) is 11.2 Å². The number of halogens is 1. The van der Waals surface area contributed by atoms with E-state index in [9.17, 15) is 14.4 Å². The average Bonchev–Trinajstić information content (AvgIpc) is 3.39. The van der Waals surface area contributed by atoms with Crippen molar-refractivity contribution in [3.05, 3.63) is 112 Å². The minimum Gasteiger partial charge on any atom is -0.497 e. The van der Waals surface area contributed by atoms with Crippen molar-refractivity contribution in [3.8, 4) is 5.75 Å². The fourth-order valence-corrected chi connectivity index (χ4v) is 4.79. The van der Waals surface area contributed by atoms with E-state index in [1.54, 1.807) is 43.3 Å². The van der Waals surface area contributed by atoms with Crippen LogP contribution in [0.2, 0.25) is 5.02 Å². The summed E-state index contributed by atoms with van der Waals surface area (Å²) < 4.78 is 6.61. The van der Waals surface area contributed by atoms with Crippen LogP contribution in [-0.4, -0.2) is 44.1 Å². The number of fused-ring (bicyclic) bond motifs is 1. The van der Waals surface area contributed by atoms with E-state index in [0.29, 0.717) is 33.7 Å². The molecule has 0 bridgehead atoms. The number of benzene rings is 3. The van der Waals surface area contributed by atoms with Gasteiger partial charge in [0.2, 0.25) is 0 Å². The summed E-state index contributed by atoms with van der Waals surface area (Å²) in [5.41, 5.74) is 4.63.